The van der Waals surface area contributed by atoms with Crippen molar-refractivity contribution in [2.75, 3.05) is 26.2 Å². The van der Waals surface area contributed by atoms with E-state index in [1.165, 1.54) is 25.8 Å². The van der Waals surface area contributed by atoms with Crippen molar-refractivity contribution in [3.8, 4) is 0 Å². The standard InChI is InChI=1S/C15H20N2OS/c18-15(12-4-6-14(19)7-5-12)17-10-9-16-8-2-1-3-13(16)11-17/h4-7,13,19H,1-3,8-11H2. The molecule has 1 amide bonds. The summed E-state index contributed by atoms with van der Waals surface area (Å²) in [5, 5.41) is 0. The maximum atomic E-state index is 12.5. The lowest BCUT2D eigenvalue weighted by Gasteiger charge is -2.44. The number of nitrogens with zero attached hydrogens (tertiary/aromatic N) is 2. The molecule has 4 heteroatoms. The number of amides is 1. The maximum Gasteiger partial charge on any atom is 0.253 e. The average Bonchev–Trinajstić information content (AvgIpc) is 2.47. The number of rotatable bonds is 1. The van der Waals surface area contributed by atoms with Gasteiger partial charge in [0.1, 0.15) is 0 Å². The first kappa shape index (κ1) is 13.0. The summed E-state index contributed by atoms with van der Waals surface area (Å²) in [6.07, 6.45) is 3.85. The Labute approximate surface area is 120 Å². The number of thiol groups is 1. The van der Waals surface area contributed by atoms with Crippen molar-refractivity contribution in [2.24, 2.45) is 0 Å². The molecule has 0 aliphatic carbocycles. The number of carbonyl (C=O) groups is 1. The van der Waals surface area contributed by atoms with Gasteiger partial charge in [0.25, 0.3) is 5.91 Å². The van der Waals surface area contributed by atoms with Crippen molar-refractivity contribution in [3.05, 3.63) is 29.8 Å². The van der Waals surface area contributed by atoms with Gasteiger partial charge in [-0.25, -0.2) is 0 Å². The van der Waals surface area contributed by atoms with E-state index in [1.54, 1.807) is 0 Å². The quantitative estimate of drug-likeness (QED) is 0.796. The van der Waals surface area contributed by atoms with Crippen LogP contribution in [0.2, 0.25) is 0 Å². The van der Waals surface area contributed by atoms with Crippen molar-refractivity contribution in [3.63, 3.8) is 0 Å². The zero-order valence-corrected chi connectivity index (χ0v) is 12.0. The summed E-state index contributed by atoms with van der Waals surface area (Å²) in [5.74, 6) is 0.165. The number of hydrogen-bond acceptors (Lipinski definition) is 3. The molecule has 3 nitrogen and oxygen atoms in total. The monoisotopic (exact) mass is 276 g/mol. The van der Waals surface area contributed by atoms with Gasteiger partial charge in [-0.3, -0.25) is 9.69 Å². The van der Waals surface area contributed by atoms with Gasteiger partial charge >= 0.3 is 0 Å². The van der Waals surface area contributed by atoms with Gasteiger partial charge in [-0.2, -0.15) is 0 Å². The number of carbonyl (C=O) groups excluding carboxylic acids is 1. The van der Waals surface area contributed by atoms with Gasteiger partial charge in [-0.05, 0) is 43.7 Å². The molecule has 1 aromatic carbocycles. The highest BCUT2D eigenvalue weighted by atomic mass is 32.1. The molecule has 1 unspecified atom stereocenters. The van der Waals surface area contributed by atoms with Gasteiger partial charge in [0.05, 0.1) is 0 Å². The third-order valence-corrected chi connectivity index (χ3v) is 4.54. The third-order valence-electron chi connectivity index (χ3n) is 4.24. The van der Waals surface area contributed by atoms with Crippen LogP contribution in [0.15, 0.2) is 29.2 Å². The van der Waals surface area contributed by atoms with Crippen LogP contribution in [0.25, 0.3) is 0 Å². The highest BCUT2D eigenvalue weighted by Crippen LogP contribution is 2.22. The summed E-state index contributed by atoms with van der Waals surface area (Å²) in [4.78, 5) is 17.9. The SMILES string of the molecule is O=C(c1ccc(S)cc1)N1CCN2CCCCC2C1. The van der Waals surface area contributed by atoms with Crippen LogP contribution in [0.5, 0.6) is 0 Å². The van der Waals surface area contributed by atoms with Crippen LogP contribution in [0.4, 0.5) is 0 Å². The first-order valence-electron chi connectivity index (χ1n) is 7.06. The Morgan fingerprint density at radius 1 is 1.11 bits per heavy atom. The summed E-state index contributed by atoms with van der Waals surface area (Å²) in [5.41, 5.74) is 0.780. The Morgan fingerprint density at radius 3 is 2.68 bits per heavy atom. The Balaban J connectivity index is 1.69. The molecule has 2 aliphatic heterocycles. The van der Waals surface area contributed by atoms with E-state index in [0.717, 1.165) is 30.1 Å². The Kier molecular flexibility index (Phi) is 3.80. The summed E-state index contributed by atoms with van der Waals surface area (Å²) >= 11 is 4.26. The molecule has 3 rings (SSSR count). The Morgan fingerprint density at radius 2 is 1.89 bits per heavy atom. The molecular formula is C15H20N2OS. The molecule has 2 fully saturated rings. The normalized spacial score (nSPS) is 24.1. The van der Waals surface area contributed by atoms with Crippen LogP contribution in [0, 0.1) is 0 Å². The molecule has 102 valence electrons. The highest BCUT2D eigenvalue weighted by Gasteiger charge is 2.31. The summed E-state index contributed by atoms with van der Waals surface area (Å²) < 4.78 is 0. The van der Waals surface area contributed by atoms with E-state index in [9.17, 15) is 4.79 Å². The van der Waals surface area contributed by atoms with Crippen molar-refractivity contribution >= 4 is 18.5 Å². The van der Waals surface area contributed by atoms with Crippen molar-refractivity contribution < 1.29 is 4.79 Å². The zero-order valence-electron chi connectivity index (χ0n) is 11.1. The molecule has 2 saturated heterocycles. The summed E-state index contributed by atoms with van der Waals surface area (Å²) in [7, 11) is 0. The van der Waals surface area contributed by atoms with Crippen LogP contribution < -0.4 is 0 Å². The van der Waals surface area contributed by atoms with Gasteiger partial charge in [-0.1, -0.05) is 6.42 Å². The summed E-state index contributed by atoms with van der Waals surface area (Å²) in [6.45, 7) is 3.99. The molecular weight excluding hydrogens is 256 g/mol. The molecule has 1 aromatic rings. The number of piperazine rings is 1. The van der Waals surface area contributed by atoms with E-state index in [4.69, 9.17) is 0 Å². The molecule has 0 aromatic heterocycles. The van der Waals surface area contributed by atoms with Gasteiger partial charge in [0.15, 0.2) is 0 Å². The molecule has 0 saturated carbocycles. The molecule has 2 heterocycles. The first-order chi connectivity index (χ1) is 9.24. The molecule has 2 aliphatic rings. The molecule has 0 N–H and O–H groups in total. The van der Waals surface area contributed by atoms with E-state index >= 15 is 0 Å². The maximum absolute atomic E-state index is 12.5. The minimum Gasteiger partial charge on any atom is -0.336 e. The lowest BCUT2D eigenvalue weighted by molar-refractivity contribution is 0.0372. The van der Waals surface area contributed by atoms with Crippen LogP contribution in [0.3, 0.4) is 0 Å². The number of hydrogen-bond donors (Lipinski definition) is 1. The van der Waals surface area contributed by atoms with E-state index in [-0.39, 0.29) is 5.91 Å². The van der Waals surface area contributed by atoms with Crippen LogP contribution >= 0.6 is 12.6 Å². The zero-order chi connectivity index (χ0) is 13.2. The van der Waals surface area contributed by atoms with E-state index in [1.807, 2.05) is 29.2 Å². The lowest BCUT2D eigenvalue weighted by atomic mass is 9.99. The Bertz CT molecular complexity index is 460. The van der Waals surface area contributed by atoms with Gasteiger partial charge in [-0.15, -0.1) is 12.6 Å². The highest BCUT2D eigenvalue weighted by molar-refractivity contribution is 7.80. The number of piperidine rings is 1. The van der Waals surface area contributed by atoms with E-state index < -0.39 is 0 Å². The molecule has 0 radical (unpaired) electrons. The summed E-state index contributed by atoms with van der Waals surface area (Å²) in [6, 6.07) is 8.09. The van der Waals surface area contributed by atoms with Crippen molar-refractivity contribution in [1.82, 2.24) is 9.80 Å². The molecule has 1 atom stereocenters. The minimum absolute atomic E-state index is 0.165. The second kappa shape index (κ2) is 5.55. The van der Waals surface area contributed by atoms with Gasteiger partial charge < -0.3 is 4.90 Å². The van der Waals surface area contributed by atoms with Gasteiger partial charge in [0, 0.05) is 36.1 Å². The molecule has 0 bridgehead atoms. The first-order valence-corrected chi connectivity index (χ1v) is 7.51. The van der Waals surface area contributed by atoms with Crippen molar-refractivity contribution in [2.45, 2.75) is 30.2 Å². The van der Waals surface area contributed by atoms with Crippen LogP contribution in [-0.4, -0.2) is 47.9 Å². The van der Waals surface area contributed by atoms with Crippen LogP contribution in [0.1, 0.15) is 29.6 Å². The second-order valence-electron chi connectivity index (χ2n) is 5.48. The fraction of sp³-hybridized carbons (Fsp3) is 0.533. The van der Waals surface area contributed by atoms with Gasteiger partial charge in [0.2, 0.25) is 0 Å². The third kappa shape index (κ3) is 2.79. The van der Waals surface area contributed by atoms with E-state index in [0.29, 0.717) is 6.04 Å². The topological polar surface area (TPSA) is 23.6 Å². The predicted molar refractivity (Wildman–Crippen MR) is 78.8 cm³/mol. The smallest absolute Gasteiger partial charge is 0.253 e. The van der Waals surface area contributed by atoms with Crippen LogP contribution in [-0.2, 0) is 0 Å². The van der Waals surface area contributed by atoms with E-state index in [2.05, 4.69) is 17.5 Å². The largest absolute Gasteiger partial charge is 0.336 e. The fourth-order valence-corrected chi connectivity index (χ4v) is 3.28. The Hall–Kier alpha value is -1.00. The minimum atomic E-state index is 0.165. The average molecular weight is 276 g/mol. The fourth-order valence-electron chi connectivity index (χ4n) is 3.13. The molecule has 0 spiro atoms. The van der Waals surface area contributed by atoms with Crippen molar-refractivity contribution in [1.29, 1.82) is 0 Å². The predicted octanol–water partition coefficient (Wildman–Crippen LogP) is 2.29. The molecule has 19 heavy (non-hydrogen) atoms. The second-order valence-corrected chi connectivity index (χ2v) is 6.00. The number of fused-ring (bicyclic) bond motifs is 1. The lowest BCUT2D eigenvalue weighted by Crippen LogP contribution is -2.56. The number of benzene rings is 1.